The van der Waals surface area contributed by atoms with Gasteiger partial charge in [0, 0.05) is 12.7 Å². The maximum absolute atomic E-state index is 13.7. The van der Waals surface area contributed by atoms with Crippen molar-refractivity contribution >= 4 is 17.6 Å². The highest BCUT2D eigenvalue weighted by atomic mass is 16.5. The Bertz CT molecular complexity index is 785. The van der Waals surface area contributed by atoms with Crippen LogP contribution in [0.5, 0.6) is 0 Å². The first-order chi connectivity index (χ1) is 13.1. The van der Waals surface area contributed by atoms with E-state index in [0.717, 1.165) is 0 Å². The van der Waals surface area contributed by atoms with Gasteiger partial charge in [0.25, 0.3) is 0 Å². The van der Waals surface area contributed by atoms with Crippen LogP contribution in [0.25, 0.3) is 0 Å². The van der Waals surface area contributed by atoms with Crippen molar-refractivity contribution in [3.63, 3.8) is 0 Å². The summed E-state index contributed by atoms with van der Waals surface area (Å²) in [4.78, 5) is 39.6. The van der Waals surface area contributed by atoms with Crippen molar-refractivity contribution in [2.45, 2.75) is 51.4 Å². The predicted octanol–water partition coefficient (Wildman–Crippen LogP) is 1.50. The number of Topliss-reactive ketones (excluding diaryl/α,β-unsaturated/α-hetero) is 1. The van der Waals surface area contributed by atoms with Crippen LogP contribution in [0.3, 0.4) is 0 Å². The normalized spacial score (nSPS) is 25.6. The number of fused-ring (bicyclic) bond motifs is 1. The molecule has 0 saturated carbocycles. The summed E-state index contributed by atoms with van der Waals surface area (Å²) in [6.07, 6.45) is -0.276. The Hall–Kier alpha value is -2.25. The molecule has 152 valence electrons. The zero-order chi connectivity index (χ0) is 20.6. The van der Waals surface area contributed by atoms with Crippen molar-refractivity contribution in [3.05, 3.63) is 35.4 Å². The van der Waals surface area contributed by atoms with Gasteiger partial charge in [0.1, 0.15) is 24.9 Å². The first-order valence-corrected chi connectivity index (χ1v) is 9.50. The molecule has 2 N–H and O–H groups in total. The highest BCUT2D eigenvalue weighted by Crippen LogP contribution is 2.38. The summed E-state index contributed by atoms with van der Waals surface area (Å²) >= 11 is 0. The Morgan fingerprint density at radius 2 is 2.00 bits per heavy atom. The molecular formula is C21H28N2O5. The topological polar surface area (TPSA) is 98.9 Å². The Morgan fingerprint density at radius 1 is 1.32 bits per heavy atom. The molecule has 2 fully saturated rings. The average Bonchev–Trinajstić information content (AvgIpc) is 3.19. The van der Waals surface area contributed by atoms with Crippen molar-refractivity contribution in [2.24, 2.45) is 11.1 Å². The Labute approximate surface area is 165 Å². The second kappa shape index (κ2) is 7.64. The lowest BCUT2D eigenvalue weighted by Crippen LogP contribution is -2.45. The standard InChI is InChI=1S/C21H28N2O5/c1-21(2,3)9-14(12-7-5-6-8-13(12)19(22)25)20(26)23-10-16(27-4)18-17(23)15(24)11-28-18/h5-8,14,16-18H,9-11H2,1-4H3,(H2,22,25)/t14-,16-,17+,18+/m0/s1. The van der Waals surface area contributed by atoms with Gasteiger partial charge < -0.3 is 20.1 Å². The minimum absolute atomic E-state index is 0.0131. The van der Waals surface area contributed by atoms with Gasteiger partial charge in [-0.05, 0) is 23.5 Å². The van der Waals surface area contributed by atoms with E-state index in [0.29, 0.717) is 17.5 Å². The van der Waals surface area contributed by atoms with E-state index >= 15 is 0 Å². The molecule has 2 saturated heterocycles. The van der Waals surface area contributed by atoms with Crippen LogP contribution in [0.2, 0.25) is 0 Å². The summed E-state index contributed by atoms with van der Waals surface area (Å²) < 4.78 is 11.0. The summed E-state index contributed by atoms with van der Waals surface area (Å²) in [5, 5.41) is 0. The maximum Gasteiger partial charge on any atom is 0.249 e. The van der Waals surface area contributed by atoms with E-state index in [2.05, 4.69) is 0 Å². The monoisotopic (exact) mass is 388 g/mol. The van der Waals surface area contributed by atoms with E-state index in [9.17, 15) is 14.4 Å². The molecule has 0 aliphatic carbocycles. The van der Waals surface area contributed by atoms with Crippen LogP contribution in [0.4, 0.5) is 0 Å². The Kier molecular flexibility index (Phi) is 5.59. The number of ketones is 1. The highest BCUT2D eigenvalue weighted by Gasteiger charge is 2.53. The summed E-state index contributed by atoms with van der Waals surface area (Å²) in [6.45, 7) is 6.38. The summed E-state index contributed by atoms with van der Waals surface area (Å²) in [6, 6.07) is 6.28. The van der Waals surface area contributed by atoms with Crippen LogP contribution in [-0.4, -0.2) is 61.0 Å². The summed E-state index contributed by atoms with van der Waals surface area (Å²) in [5.41, 5.74) is 6.31. The summed E-state index contributed by atoms with van der Waals surface area (Å²) in [5.74, 6) is -1.47. The zero-order valence-corrected chi connectivity index (χ0v) is 16.8. The summed E-state index contributed by atoms with van der Waals surface area (Å²) in [7, 11) is 1.55. The lowest BCUT2D eigenvalue weighted by molar-refractivity contribution is -0.138. The number of amides is 2. The third kappa shape index (κ3) is 3.82. The van der Waals surface area contributed by atoms with Gasteiger partial charge in [0.2, 0.25) is 11.8 Å². The molecule has 0 spiro atoms. The molecule has 0 unspecified atom stereocenters. The predicted molar refractivity (Wildman–Crippen MR) is 103 cm³/mol. The number of carbonyl (C=O) groups is 3. The molecule has 2 heterocycles. The van der Waals surface area contributed by atoms with E-state index in [1.54, 1.807) is 36.3 Å². The van der Waals surface area contributed by atoms with Crippen molar-refractivity contribution < 1.29 is 23.9 Å². The third-order valence-electron chi connectivity index (χ3n) is 5.44. The van der Waals surface area contributed by atoms with Crippen molar-refractivity contribution in [3.8, 4) is 0 Å². The number of ether oxygens (including phenoxy) is 2. The first-order valence-electron chi connectivity index (χ1n) is 9.50. The minimum Gasteiger partial charge on any atom is -0.377 e. The van der Waals surface area contributed by atoms with Crippen molar-refractivity contribution in [1.82, 2.24) is 4.90 Å². The van der Waals surface area contributed by atoms with Gasteiger partial charge in [0.15, 0.2) is 5.78 Å². The molecule has 7 nitrogen and oxygen atoms in total. The molecule has 2 aliphatic heterocycles. The molecule has 0 aromatic heterocycles. The molecule has 3 rings (SSSR count). The fourth-order valence-electron chi connectivity index (χ4n) is 4.22. The number of rotatable bonds is 5. The highest BCUT2D eigenvalue weighted by molar-refractivity contribution is 5.98. The molecule has 28 heavy (non-hydrogen) atoms. The fourth-order valence-corrected chi connectivity index (χ4v) is 4.22. The number of nitrogens with zero attached hydrogens (tertiary/aromatic N) is 1. The molecule has 2 amide bonds. The molecular weight excluding hydrogens is 360 g/mol. The van der Waals surface area contributed by atoms with E-state index in [1.165, 1.54) is 0 Å². The number of hydrogen-bond donors (Lipinski definition) is 1. The lowest BCUT2D eigenvalue weighted by atomic mass is 9.79. The number of hydrogen-bond acceptors (Lipinski definition) is 5. The van der Waals surface area contributed by atoms with Crippen LogP contribution < -0.4 is 5.73 Å². The molecule has 0 radical (unpaired) electrons. The zero-order valence-electron chi connectivity index (χ0n) is 16.8. The number of methoxy groups -OCH3 is 1. The van der Waals surface area contributed by atoms with E-state index < -0.39 is 24.0 Å². The number of benzene rings is 1. The number of carbonyl (C=O) groups excluding carboxylic acids is 3. The van der Waals surface area contributed by atoms with Gasteiger partial charge in [-0.2, -0.15) is 0 Å². The molecule has 1 aromatic carbocycles. The first kappa shape index (κ1) is 20.5. The molecule has 1 aromatic rings. The van der Waals surface area contributed by atoms with E-state index in [4.69, 9.17) is 15.2 Å². The van der Waals surface area contributed by atoms with Crippen molar-refractivity contribution in [2.75, 3.05) is 20.3 Å². The smallest absolute Gasteiger partial charge is 0.249 e. The third-order valence-corrected chi connectivity index (χ3v) is 5.44. The average molecular weight is 388 g/mol. The van der Waals surface area contributed by atoms with Gasteiger partial charge in [0.05, 0.1) is 12.5 Å². The number of likely N-dealkylation sites (tertiary alicyclic amines) is 1. The maximum atomic E-state index is 13.7. The quantitative estimate of drug-likeness (QED) is 0.824. The van der Waals surface area contributed by atoms with Crippen molar-refractivity contribution in [1.29, 1.82) is 0 Å². The Balaban J connectivity index is 2.01. The second-order valence-electron chi connectivity index (χ2n) is 8.72. The minimum atomic E-state index is -0.638. The van der Waals surface area contributed by atoms with E-state index in [-0.39, 0.29) is 36.4 Å². The van der Waals surface area contributed by atoms with Crippen LogP contribution in [-0.2, 0) is 19.1 Å². The van der Waals surface area contributed by atoms with Gasteiger partial charge in [-0.25, -0.2) is 0 Å². The molecule has 0 bridgehead atoms. The largest absolute Gasteiger partial charge is 0.377 e. The number of nitrogens with two attached hydrogens (primary N) is 1. The van der Waals surface area contributed by atoms with Crippen LogP contribution in [0.15, 0.2) is 24.3 Å². The number of primary amides is 1. The molecule has 4 atom stereocenters. The van der Waals surface area contributed by atoms with Crippen LogP contribution >= 0.6 is 0 Å². The van der Waals surface area contributed by atoms with Gasteiger partial charge in [-0.1, -0.05) is 39.0 Å². The van der Waals surface area contributed by atoms with Gasteiger partial charge >= 0.3 is 0 Å². The molecule has 7 heteroatoms. The molecule has 2 aliphatic rings. The Morgan fingerprint density at radius 3 is 2.61 bits per heavy atom. The van der Waals surface area contributed by atoms with Crippen LogP contribution in [0.1, 0.15) is 49.0 Å². The lowest BCUT2D eigenvalue weighted by Gasteiger charge is -2.31. The second-order valence-corrected chi connectivity index (χ2v) is 8.72. The van der Waals surface area contributed by atoms with E-state index in [1.807, 2.05) is 20.8 Å². The SMILES string of the molecule is CO[C@H]1CN(C(=O)[C@@H](CC(C)(C)C)c2ccccc2C(N)=O)[C@@H]2C(=O)CO[C@H]12. The van der Waals surface area contributed by atoms with Gasteiger partial charge in [-0.15, -0.1) is 0 Å². The van der Waals surface area contributed by atoms with Gasteiger partial charge in [-0.3, -0.25) is 14.4 Å². The van der Waals surface area contributed by atoms with Crippen LogP contribution in [0, 0.1) is 5.41 Å². The fraction of sp³-hybridized carbons (Fsp3) is 0.571.